The summed E-state index contributed by atoms with van der Waals surface area (Å²) in [7, 11) is 0. The van der Waals surface area contributed by atoms with Gasteiger partial charge in [0.1, 0.15) is 0 Å². The molecule has 154 valence electrons. The Morgan fingerprint density at radius 3 is 2.06 bits per heavy atom. The summed E-state index contributed by atoms with van der Waals surface area (Å²) in [6.45, 7) is 2.04. The number of hydrogen-bond acceptors (Lipinski definition) is 4. The Labute approximate surface area is 180 Å². The summed E-state index contributed by atoms with van der Waals surface area (Å²) in [6, 6.07) is 27.8. The van der Waals surface area contributed by atoms with Crippen molar-refractivity contribution in [3.8, 4) is 0 Å². The Morgan fingerprint density at radius 2 is 1.39 bits per heavy atom. The van der Waals surface area contributed by atoms with Crippen molar-refractivity contribution in [3.63, 3.8) is 0 Å². The maximum absolute atomic E-state index is 13.1. The maximum atomic E-state index is 13.1. The van der Waals surface area contributed by atoms with E-state index in [9.17, 15) is 9.59 Å². The molecular weight excluding hydrogens is 388 g/mol. The fraction of sp³-hybridized carbons (Fsp3) is 0.0769. The topological polar surface area (TPSA) is 67.4 Å². The highest BCUT2D eigenvalue weighted by Crippen LogP contribution is 2.33. The van der Waals surface area contributed by atoms with Crippen molar-refractivity contribution in [1.29, 1.82) is 0 Å². The van der Waals surface area contributed by atoms with Crippen molar-refractivity contribution in [2.75, 3.05) is 17.2 Å². The number of esters is 1. The quantitative estimate of drug-likeness (QED) is 0.382. The van der Waals surface area contributed by atoms with E-state index in [-0.39, 0.29) is 12.5 Å². The van der Waals surface area contributed by atoms with Gasteiger partial charge in [0.05, 0.1) is 12.2 Å². The predicted octanol–water partition coefficient (Wildman–Crippen LogP) is 6.01. The lowest BCUT2D eigenvalue weighted by Crippen LogP contribution is -2.14. The molecular formula is C26H22N2O3. The number of carbonyl (C=O) groups excluding carboxylic acids is 2. The highest BCUT2D eigenvalue weighted by molar-refractivity contribution is 6.19. The van der Waals surface area contributed by atoms with Crippen LogP contribution in [0.2, 0.25) is 0 Å². The summed E-state index contributed by atoms with van der Waals surface area (Å²) in [5.74, 6) is -0.673. The van der Waals surface area contributed by atoms with Gasteiger partial charge < -0.3 is 15.4 Å². The number of nitrogens with one attached hydrogen (secondary N) is 2. The van der Waals surface area contributed by atoms with Crippen LogP contribution in [0.15, 0.2) is 91.0 Å². The van der Waals surface area contributed by atoms with E-state index in [1.807, 2.05) is 78.9 Å². The minimum Gasteiger partial charge on any atom is -0.462 e. The molecule has 0 radical (unpaired) electrons. The molecule has 0 aliphatic rings. The van der Waals surface area contributed by atoms with E-state index in [0.717, 1.165) is 11.4 Å². The molecule has 5 nitrogen and oxygen atoms in total. The first kappa shape index (κ1) is 20.2. The number of anilines is 3. The maximum Gasteiger partial charge on any atom is 0.338 e. The Kier molecular flexibility index (Phi) is 5.94. The normalized spacial score (nSPS) is 10.5. The molecule has 0 fully saturated rings. The lowest BCUT2D eigenvalue weighted by molar-refractivity contribution is 0.0528. The van der Waals surface area contributed by atoms with Crippen molar-refractivity contribution < 1.29 is 14.3 Å². The number of para-hydroxylation sites is 2. The largest absolute Gasteiger partial charge is 0.462 e. The van der Waals surface area contributed by atoms with Crippen LogP contribution in [-0.2, 0) is 4.74 Å². The van der Waals surface area contributed by atoms with Crippen molar-refractivity contribution in [3.05, 3.63) is 102 Å². The molecule has 31 heavy (non-hydrogen) atoms. The predicted molar refractivity (Wildman–Crippen MR) is 124 cm³/mol. The molecule has 0 saturated heterocycles. The first-order valence-corrected chi connectivity index (χ1v) is 10.1. The fourth-order valence-electron chi connectivity index (χ4n) is 3.48. The highest BCUT2D eigenvalue weighted by atomic mass is 16.5. The van der Waals surface area contributed by atoms with Crippen LogP contribution in [0.3, 0.4) is 0 Å². The number of fused-ring (bicyclic) bond motifs is 1. The van der Waals surface area contributed by atoms with E-state index in [1.54, 1.807) is 19.1 Å². The third-order valence-electron chi connectivity index (χ3n) is 4.87. The zero-order chi connectivity index (χ0) is 21.6. The molecule has 5 heteroatoms. The molecule has 0 spiro atoms. The van der Waals surface area contributed by atoms with Gasteiger partial charge >= 0.3 is 5.97 Å². The fourth-order valence-corrected chi connectivity index (χ4v) is 3.48. The van der Waals surface area contributed by atoms with Gasteiger partial charge in [-0.3, -0.25) is 4.79 Å². The van der Waals surface area contributed by atoms with Crippen LogP contribution in [0.4, 0.5) is 17.1 Å². The van der Waals surface area contributed by atoms with Crippen LogP contribution in [0.25, 0.3) is 10.8 Å². The van der Waals surface area contributed by atoms with E-state index < -0.39 is 5.97 Å². The molecule has 0 atom stereocenters. The van der Waals surface area contributed by atoms with Crippen LogP contribution >= 0.6 is 0 Å². The van der Waals surface area contributed by atoms with Gasteiger partial charge in [-0.1, -0.05) is 48.5 Å². The zero-order valence-electron chi connectivity index (χ0n) is 17.1. The van der Waals surface area contributed by atoms with Gasteiger partial charge in [0.25, 0.3) is 5.91 Å². The zero-order valence-corrected chi connectivity index (χ0v) is 17.1. The first-order chi connectivity index (χ1) is 15.2. The summed E-state index contributed by atoms with van der Waals surface area (Å²) in [5, 5.41) is 7.59. The molecule has 0 heterocycles. The summed E-state index contributed by atoms with van der Waals surface area (Å²) >= 11 is 0. The van der Waals surface area contributed by atoms with E-state index in [4.69, 9.17) is 4.74 Å². The van der Waals surface area contributed by atoms with Gasteiger partial charge in [0, 0.05) is 28.0 Å². The van der Waals surface area contributed by atoms with E-state index >= 15 is 0 Å². The second-order valence-electron chi connectivity index (χ2n) is 6.92. The second kappa shape index (κ2) is 9.13. The number of rotatable bonds is 6. The van der Waals surface area contributed by atoms with Crippen LogP contribution in [0.1, 0.15) is 27.6 Å². The molecule has 2 N–H and O–H groups in total. The Morgan fingerprint density at radius 1 is 0.742 bits per heavy atom. The molecule has 0 bridgehead atoms. The van der Waals surface area contributed by atoms with E-state index in [2.05, 4.69) is 10.6 Å². The lowest BCUT2D eigenvalue weighted by atomic mass is 9.97. The highest BCUT2D eigenvalue weighted by Gasteiger charge is 2.19. The number of ether oxygens (including phenoxy) is 1. The van der Waals surface area contributed by atoms with Crippen molar-refractivity contribution >= 4 is 39.7 Å². The Hall–Kier alpha value is -4.12. The van der Waals surface area contributed by atoms with Gasteiger partial charge in [-0.25, -0.2) is 4.79 Å². The number of carbonyl (C=O) groups is 2. The minimum atomic E-state index is -0.426. The second-order valence-corrected chi connectivity index (χ2v) is 6.92. The lowest BCUT2D eigenvalue weighted by Gasteiger charge is -2.16. The van der Waals surface area contributed by atoms with Gasteiger partial charge in [-0.15, -0.1) is 0 Å². The van der Waals surface area contributed by atoms with Crippen molar-refractivity contribution in [1.82, 2.24) is 0 Å². The average Bonchev–Trinajstić information content (AvgIpc) is 2.80. The number of amides is 1. The van der Waals surface area contributed by atoms with Gasteiger partial charge in [-0.2, -0.15) is 0 Å². The molecule has 0 unspecified atom stereocenters. The van der Waals surface area contributed by atoms with Crippen molar-refractivity contribution in [2.45, 2.75) is 6.92 Å². The summed E-state index contributed by atoms with van der Waals surface area (Å²) < 4.78 is 5.27. The SMILES string of the molecule is CCOC(=O)c1ccc(C(=O)Nc2ccccc2)c2cccc(Nc3ccccc3)c12. The van der Waals surface area contributed by atoms with E-state index in [1.165, 1.54) is 0 Å². The minimum absolute atomic E-state index is 0.247. The smallest absolute Gasteiger partial charge is 0.338 e. The van der Waals surface area contributed by atoms with Crippen LogP contribution in [0, 0.1) is 0 Å². The Balaban J connectivity index is 1.83. The summed E-state index contributed by atoms with van der Waals surface area (Å²) in [6.07, 6.45) is 0. The molecule has 4 rings (SSSR count). The Bertz CT molecular complexity index is 1220. The standard InChI is InChI=1S/C26H22N2O3/c1-2-31-26(30)22-17-16-21(25(29)28-19-12-7-4-8-13-19)20-14-9-15-23(24(20)22)27-18-10-5-3-6-11-18/h3-17,27H,2H2,1H3,(H,28,29). The summed E-state index contributed by atoms with van der Waals surface area (Å²) in [5.41, 5.74) is 3.19. The van der Waals surface area contributed by atoms with E-state index in [0.29, 0.717) is 27.6 Å². The molecule has 0 aliphatic carbocycles. The molecule has 0 saturated carbocycles. The molecule has 4 aromatic rings. The molecule has 4 aromatic carbocycles. The molecule has 0 aromatic heterocycles. The third-order valence-corrected chi connectivity index (χ3v) is 4.87. The average molecular weight is 410 g/mol. The molecule has 1 amide bonds. The van der Waals surface area contributed by atoms with Crippen LogP contribution < -0.4 is 10.6 Å². The summed E-state index contributed by atoms with van der Waals surface area (Å²) in [4.78, 5) is 25.7. The van der Waals surface area contributed by atoms with Gasteiger partial charge in [0.2, 0.25) is 0 Å². The number of hydrogen-bond donors (Lipinski definition) is 2. The number of benzene rings is 4. The van der Waals surface area contributed by atoms with Crippen LogP contribution in [0.5, 0.6) is 0 Å². The van der Waals surface area contributed by atoms with Crippen LogP contribution in [-0.4, -0.2) is 18.5 Å². The third kappa shape index (κ3) is 4.41. The van der Waals surface area contributed by atoms with Gasteiger partial charge in [0.15, 0.2) is 0 Å². The van der Waals surface area contributed by atoms with Crippen molar-refractivity contribution in [2.24, 2.45) is 0 Å². The van der Waals surface area contributed by atoms with Gasteiger partial charge in [-0.05, 0) is 54.8 Å². The molecule has 0 aliphatic heterocycles. The first-order valence-electron chi connectivity index (χ1n) is 10.1. The monoisotopic (exact) mass is 410 g/mol.